The van der Waals surface area contributed by atoms with Gasteiger partial charge in [-0.05, 0) is 24.6 Å². The van der Waals surface area contributed by atoms with E-state index in [9.17, 15) is 14.9 Å². The molecule has 0 radical (unpaired) electrons. The number of ether oxygens (including phenoxy) is 1. The largest absolute Gasteiger partial charge is 0.378 e. The van der Waals surface area contributed by atoms with E-state index in [4.69, 9.17) is 4.74 Å². The molecule has 1 N–H and O–H groups in total. The summed E-state index contributed by atoms with van der Waals surface area (Å²) in [5.41, 5.74) is 3.53. The zero-order valence-corrected chi connectivity index (χ0v) is 16.9. The highest BCUT2D eigenvalue weighted by atomic mass is 16.6. The number of nitrogens with zero attached hydrogens (tertiary/aromatic N) is 4. The van der Waals surface area contributed by atoms with Crippen LogP contribution in [0.3, 0.4) is 0 Å². The van der Waals surface area contributed by atoms with Crippen LogP contribution in [0.15, 0.2) is 59.8 Å². The number of aromatic nitrogens is 2. The first-order chi connectivity index (χ1) is 15.0. The average Bonchev–Trinajstić information content (AvgIpc) is 3.16. The lowest BCUT2D eigenvalue weighted by atomic mass is 9.93. The van der Waals surface area contributed by atoms with Crippen LogP contribution in [0.4, 0.5) is 11.6 Å². The Kier molecular flexibility index (Phi) is 4.67. The van der Waals surface area contributed by atoms with Crippen LogP contribution in [0.1, 0.15) is 18.5 Å². The number of hydrogen-bond donors (Lipinski definition) is 1. The van der Waals surface area contributed by atoms with Gasteiger partial charge in [-0.15, -0.1) is 0 Å². The maximum absolute atomic E-state index is 13.6. The van der Waals surface area contributed by atoms with Crippen LogP contribution in [0.25, 0.3) is 11.0 Å². The van der Waals surface area contributed by atoms with E-state index in [1.165, 1.54) is 12.1 Å². The lowest BCUT2D eigenvalue weighted by Crippen LogP contribution is -2.44. The molecule has 5 rings (SSSR count). The number of non-ortho nitro benzene ring substituents is 1. The van der Waals surface area contributed by atoms with Crippen LogP contribution >= 0.6 is 0 Å². The van der Waals surface area contributed by atoms with Crippen LogP contribution in [-0.4, -0.2) is 51.6 Å². The molecular weight excluding hydrogens is 398 g/mol. The van der Waals surface area contributed by atoms with E-state index in [0.29, 0.717) is 49.1 Å². The van der Waals surface area contributed by atoms with Crippen molar-refractivity contribution in [3.05, 3.63) is 75.5 Å². The van der Waals surface area contributed by atoms with Gasteiger partial charge < -0.3 is 15.0 Å². The van der Waals surface area contributed by atoms with Crippen molar-refractivity contribution in [2.24, 2.45) is 0 Å². The summed E-state index contributed by atoms with van der Waals surface area (Å²) in [6, 6.07) is 13.6. The number of amides is 1. The summed E-state index contributed by atoms with van der Waals surface area (Å²) >= 11 is 0. The van der Waals surface area contributed by atoms with E-state index < -0.39 is 11.0 Å². The van der Waals surface area contributed by atoms with Crippen molar-refractivity contribution >= 4 is 28.6 Å². The number of allylic oxidation sites excluding steroid dienone is 1. The van der Waals surface area contributed by atoms with Crippen LogP contribution < -0.4 is 5.32 Å². The van der Waals surface area contributed by atoms with Crippen molar-refractivity contribution < 1.29 is 14.5 Å². The number of nitro groups is 1. The number of hydrogen-bond acceptors (Lipinski definition) is 6. The van der Waals surface area contributed by atoms with Gasteiger partial charge in [0.05, 0.1) is 40.8 Å². The minimum Gasteiger partial charge on any atom is -0.378 e. The SMILES string of the molecule is CC1=C(C(=O)N2CCOCC2)[C@@H](c2cccc([N+](=O)[O-])c2)n2c(nc3ccccc32)N1. The van der Waals surface area contributed by atoms with E-state index in [0.717, 1.165) is 11.0 Å². The molecule has 2 aliphatic rings. The molecular formula is C22H21N5O4. The number of carbonyl (C=O) groups is 1. The molecule has 2 aliphatic heterocycles. The highest BCUT2D eigenvalue weighted by molar-refractivity contribution is 5.98. The average molecular weight is 419 g/mol. The topological polar surface area (TPSA) is 103 Å². The predicted octanol–water partition coefficient (Wildman–Crippen LogP) is 3.09. The van der Waals surface area contributed by atoms with Gasteiger partial charge in [0.2, 0.25) is 5.95 Å². The molecule has 0 spiro atoms. The fourth-order valence-corrected chi connectivity index (χ4v) is 4.30. The quantitative estimate of drug-likeness (QED) is 0.517. The minimum atomic E-state index is -0.543. The third-order valence-corrected chi connectivity index (χ3v) is 5.76. The summed E-state index contributed by atoms with van der Waals surface area (Å²) in [5.74, 6) is 0.502. The molecule has 0 unspecified atom stereocenters. The van der Waals surface area contributed by atoms with Crippen LogP contribution in [0.2, 0.25) is 0 Å². The van der Waals surface area contributed by atoms with Gasteiger partial charge in [-0.3, -0.25) is 19.5 Å². The fraction of sp³-hybridized carbons (Fsp3) is 0.273. The Hall–Kier alpha value is -3.72. The number of morpholine rings is 1. The van der Waals surface area contributed by atoms with Gasteiger partial charge >= 0.3 is 0 Å². The van der Waals surface area contributed by atoms with Gasteiger partial charge in [-0.2, -0.15) is 0 Å². The molecule has 0 aliphatic carbocycles. The summed E-state index contributed by atoms with van der Waals surface area (Å²) < 4.78 is 7.36. The Morgan fingerprint density at radius 1 is 1.19 bits per heavy atom. The molecule has 2 aromatic carbocycles. The van der Waals surface area contributed by atoms with Crippen LogP contribution in [0.5, 0.6) is 0 Å². The smallest absolute Gasteiger partial charge is 0.269 e. The summed E-state index contributed by atoms with van der Waals surface area (Å²) in [6.45, 7) is 3.85. The normalized spacial score (nSPS) is 18.6. The number of nitro benzene ring substituents is 1. The number of benzene rings is 2. The van der Waals surface area contributed by atoms with Crippen molar-refractivity contribution in [2.45, 2.75) is 13.0 Å². The summed E-state index contributed by atoms with van der Waals surface area (Å²) in [4.78, 5) is 31.1. The Balaban J connectivity index is 1.71. The summed E-state index contributed by atoms with van der Waals surface area (Å²) in [5, 5.41) is 14.7. The van der Waals surface area contributed by atoms with Gasteiger partial charge in [-0.1, -0.05) is 24.3 Å². The summed E-state index contributed by atoms with van der Waals surface area (Å²) in [6.07, 6.45) is 0. The standard InChI is InChI=1S/C22H21N5O4/c1-14-19(21(28)25-9-11-31-12-10-25)20(15-5-4-6-16(13-15)27(29)30)26-18-8-3-2-7-17(18)24-22(26)23-14/h2-8,13,20H,9-12H2,1H3,(H,23,24)/t20-/m1/s1. The maximum atomic E-state index is 13.6. The Bertz CT molecular complexity index is 1230. The van der Waals surface area contributed by atoms with E-state index in [1.54, 1.807) is 11.0 Å². The second kappa shape index (κ2) is 7.51. The Morgan fingerprint density at radius 3 is 2.74 bits per heavy atom. The molecule has 0 saturated carbocycles. The van der Waals surface area contributed by atoms with E-state index in [2.05, 4.69) is 10.3 Å². The maximum Gasteiger partial charge on any atom is 0.269 e. The number of imidazole rings is 1. The van der Waals surface area contributed by atoms with Crippen molar-refractivity contribution in [1.82, 2.24) is 14.5 Å². The van der Waals surface area contributed by atoms with E-state index in [-0.39, 0.29) is 11.6 Å². The second-order valence-electron chi connectivity index (χ2n) is 7.62. The number of nitrogens with one attached hydrogen (secondary N) is 1. The molecule has 158 valence electrons. The second-order valence-corrected chi connectivity index (χ2v) is 7.62. The number of para-hydroxylation sites is 2. The lowest BCUT2D eigenvalue weighted by molar-refractivity contribution is -0.384. The summed E-state index contributed by atoms with van der Waals surface area (Å²) in [7, 11) is 0. The molecule has 3 aromatic rings. The Labute approximate surface area is 178 Å². The van der Waals surface area contributed by atoms with E-state index >= 15 is 0 Å². The van der Waals surface area contributed by atoms with Gasteiger partial charge in [0, 0.05) is 30.9 Å². The van der Waals surface area contributed by atoms with Gasteiger partial charge in [0.15, 0.2) is 0 Å². The number of rotatable bonds is 3. The molecule has 1 atom stereocenters. The van der Waals surface area contributed by atoms with Gasteiger partial charge in [0.1, 0.15) is 0 Å². The molecule has 1 fully saturated rings. The third kappa shape index (κ3) is 3.23. The third-order valence-electron chi connectivity index (χ3n) is 5.76. The monoisotopic (exact) mass is 419 g/mol. The van der Waals surface area contributed by atoms with Gasteiger partial charge in [0.25, 0.3) is 11.6 Å². The molecule has 0 bridgehead atoms. The first kappa shape index (κ1) is 19.3. The van der Waals surface area contributed by atoms with Crippen molar-refractivity contribution in [1.29, 1.82) is 0 Å². The van der Waals surface area contributed by atoms with Crippen molar-refractivity contribution in [3.8, 4) is 0 Å². The number of anilines is 1. The highest BCUT2D eigenvalue weighted by Crippen LogP contribution is 2.40. The van der Waals surface area contributed by atoms with Crippen molar-refractivity contribution in [3.63, 3.8) is 0 Å². The number of carbonyl (C=O) groups excluding carboxylic acids is 1. The zero-order chi connectivity index (χ0) is 21.5. The fourth-order valence-electron chi connectivity index (χ4n) is 4.30. The molecule has 1 amide bonds. The molecule has 31 heavy (non-hydrogen) atoms. The molecule has 9 nitrogen and oxygen atoms in total. The predicted molar refractivity (Wildman–Crippen MR) is 115 cm³/mol. The molecule has 9 heteroatoms. The van der Waals surface area contributed by atoms with Crippen molar-refractivity contribution in [2.75, 3.05) is 31.6 Å². The molecule has 3 heterocycles. The van der Waals surface area contributed by atoms with Crippen LogP contribution in [-0.2, 0) is 9.53 Å². The molecule has 1 aromatic heterocycles. The molecule has 1 saturated heterocycles. The lowest BCUT2D eigenvalue weighted by Gasteiger charge is -2.35. The zero-order valence-electron chi connectivity index (χ0n) is 16.9. The number of fused-ring (bicyclic) bond motifs is 3. The first-order valence-electron chi connectivity index (χ1n) is 10.1. The van der Waals surface area contributed by atoms with Crippen LogP contribution in [0, 0.1) is 10.1 Å². The highest BCUT2D eigenvalue weighted by Gasteiger charge is 2.36. The minimum absolute atomic E-state index is 0.0159. The Morgan fingerprint density at radius 2 is 1.97 bits per heavy atom. The van der Waals surface area contributed by atoms with Gasteiger partial charge in [-0.25, -0.2) is 4.98 Å². The van der Waals surface area contributed by atoms with E-state index in [1.807, 2.05) is 41.8 Å². The first-order valence-corrected chi connectivity index (χ1v) is 10.1.